The molecule has 0 saturated heterocycles. The number of aromatic nitrogens is 2. The van der Waals surface area contributed by atoms with Crippen molar-refractivity contribution >= 4 is 17.5 Å². The number of anilines is 2. The van der Waals surface area contributed by atoms with Crippen LogP contribution in [0.2, 0.25) is 0 Å². The van der Waals surface area contributed by atoms with E-state index in [-0.39, 0.29) is 17.6 Å². The lowest BCUT2D eigenvalue weighted by Crippen LogP contribution is -2.32. The van der Waals surface area contributed by atoms with Crippen molar-refractivity contribution in [2.45, 2.75) is 38.3 Å². The number of carbonyl (C=O) groups is 1. The molecule has 1 aromatic carbocycles. The van der Waals surface area contributed by atoms with Crippen molar-refractivity contribution in [2.24, 2.45) is 5.92 Å². The molecule has 1 aliphatic carbocycles. The molecule has 2 aromatic rings. The highest BCUT2D eigenvalue weighted by Gasteiger charge is 2.38. The normalized spacial score (nSPS) is 15.3. The topological polar surface area (TPSA) is 66.9 Å². The highest BCUT2D eigenvalue weighted by atomic mass is 19.4. The maximum Gasteiger partial charge on any atom is 0.434 e. The summed E-state index contributed by atoms with van der Waals surface area (Å²) in [6.07, 6.45) is 1.21. The van der Waals surface area contributed by atoms with Gasteiger partial charge in [-0.3, -0.25) is 4.79 Å². The molecule has 150 valence electrons. The molecule has 1 aromatic heterocycles. The van der Waals surface area contributed by atoms with Gasteiger partial charge in [-0.2, -0.15) is 13.2 Å². The molecular weight excluding hydrogens is 376 g/mol. The van der Waals surface area contributed by atoms with E-state index in [4.69, 9.17) is 0 Å². The molecule has 0 unspecified atom stereocenters. The molecule has 1 amide bonds. The Bertz CT molecular complexity index is 835. The van der Waals surface area contributed by atoms with Crippen LogP contribution in [0.15, 0.2) is 30.5 Å². The number of hydrogen-bond donors (Lipinski definition) is 2. The van der Waals surface area contributed by atoms with Gasteiger partial charge in [-0.15, -0.1) is 0 Å². The Morgan fingerprint density at radius 2 is 1.93 bits per heavy atom. The average molecular weight is 396 g/mol. The fraction of sp³-hybridized carbons (Fsp3) is 0.421. The van der Waals surface area contributed by atoms with Gasteiger partial charge in [-0.05, 0) is 37.0 Å². The zero-order valence-corrected chi connectivity index (χ0v) is 15.0. The van der Waals surface area contributed by atoms with E-state index in [1.165, 1.54) is 18.2 Å². The van der Waals surface area contributed by atoms with Crippen LogP contribution in [0, 0.1) is 11.7 Å². The van der Waals surface area contributed by atoms with Gasteiger partial charge in [-0.1, -0.05) is 25.3 Å². The Kier molecular flexibility index (Phi) is 6.11. The Hall–Kier alpha value is -2.71. The van der Waals surface area contributed by atoms with Crippen molar-refractivity contribution in [1.82, 2.24) is 15.3 Å². The van der Waals surface area contributed by atoms with Gasteiger partial charge < -0.3 is 10.6 Å². The maximum atomic E-state index is 13.4. The van der Waals surface area contributed by atoms with Crippen LogP contribution in [0.5, 0.6) is 0 Å². The van der Waals surface area contributed by atoms with Crippen LogP contribution in [0.3, 0.4) is 0 Å². The minimum absolute atomic E-state index is 0.197. The van der Waals surface area contributed by atoms with Crippen molar-refractivity contribution in [1.29, 1.82) is 0 Å². The van der Waals surface area contributed by atoms with Crippen molar-refractivity contribution in [3.05, 3.63) is 47.5 Å². The molecule has 0 spiro atoms. The smallest absolute Gasteiger partial charge is 0.352 e. The first-order valence-corrected chi connectivity index (χ1v) is 9.08. The second kappa shape index (κ2) is 8.53. The summed E-state index contributed by atoms with van der Waals surface area (Å²) in [5.41, 5.74) is -1.77. The van der Waals surface area contributed by atoms with E-state index >= 15 is 0 Å². The molecule has 0 aliphatic heterocycles. The third-order valence-electron chi connectivity index (χ3n) is 4.66. The summed E-state index contributed by atoms with van der Waals surface area (Å²) < 4.78 is 53.5. The first-order chi connectivity index (χ1) is 13.3. The molecule has 28 heavy (non-hydrogen) atoms. The molecule has 0 atom stereocenters. The highest BCUT2D eigenvalue weighted by Crippen LogP contribution is 2.31. The fourth-order valence-corrected chi connectivity index (χ4v) is 3.24. The largest absolute Gasteiger partial charge is 0.434 e. The third-order valence-corrected chi connectivity index (χ3v) is 4.66. The van der Waals surface area contributed by atoms with E-state index in [0.29, 0.717) is 6.54 Å². The Labute approximate surface area is 159 Å². The van der Waals surface area contributed by atoms with Gasteiger partial charge in [0.25, 0.3) is 5.91 Å². The van der Waals surface area contributed by atoms with Crippen LogP contribution in [0.25, 0.3) is 0 Å². The van der Waals surface area contributed by atoms with E-state index in [0.717, 1.165) is 44.4 Å². The van der Waals surface area contributed by atoms with Gasteiger partial charge in [0, 0.05) is 18.4 Å². The van der Waals surface area contributed by atoms with Gasteiger partial charge in [0.15, 0.2) is 5.69 Å². The predicted molar refractivity (Wildman–Crippen MR) is 95.6 cm³/mol. The maximum absolute atomic E-state index is 13.4. The Morgan fingerprint density at radius 3 is 2.61 bits per heavy atom. The summed E-state index contributed by atoms with van der Waals surface area (Å²) in [6, 6.07) is 5.16. The number of nitrogens with zero attached hydrogens (tertiary/aromatic N) is 2. The number of nitrogens with one attached hydrogen (secondary N) is 2. The number of alkyl halides is 3. The third kappa shape index (κ3) is 5.17. The van der Waals surface area contributed by atoms with Gasteiger partial charge in [0.2, 0.25) is 5.95 Å². The Morgan fingerprint density at radius 1 is 1.18 bits per heavy atom. The van der Waals surface area contributed by atoms with Crippen molar-refractivity contribution in [2.75, 3.05) is 11.9 Å². The van der Waals surface area contributed by atoms with Crippen LogP contribution in [-0.2, 0) is 6.18 Å². The van der Waals surface area contributed by atoms with Crippen molar-refractivity contribution < 1.29 is 22.4 Å². The lowest BCUT2D eigenvalue weighted by atomic mass is 9.89. The van der Waals surface area contributed by atoms with Crippen LogP contribution < -0.4 is 10.6 Å². The fourth-order valence-electron chi connectivity index (χ4n) is 3.24. The molecule has 0 bridgehead atoms. The van der Waals surface area contributed by atoms with Gasteiger partial charge in [0.1, 0.15) is 5.82 Å². The monoisotopic (exact) mass is 396 g/mol. The van der Waals surface area contributed by atoms with Gasteiger partial charge in [0.05, 0.1) is 5.56 Å². The number of benzene rings is 1. The van der Waals surface area contributed by atoms with Crippen molar-refractivity contribution in [3.8, 4) is 0 Å². The van der Waals surface area contributed by atoms with E-state index in [9.17, 15) is 22.4 Å². The summed E-state index contributed by atoms with van der Waals surface area (Å²) in [4.78, 5) is 19.6. The second-order valence-electron chi connectivity index (χ2n) is 6.80. The van der Waals surface area contributed by atoms with Crippen LogP contribution in [0.4, 0.5) is 29.2 Å². The number of halogens is 4. The van der Waals surface area contributed by atoms with Gasteiger partial charge >= 0.3 is 6.18 Å². The predicted octanol–water partition coefficient (Wildman–Crippen LogP) is 4.69. The van der Waals surface area contributed by atoms with E-state index < -0.39 is 29.2 Å². The molecular formula is C19H20F4N4O. The zero-order valence-electron chi connectivity index (χ0n) is 15.0. The minimum Gasteiger partial charge on any atom is -0.352 e. The van der Waals surface area contributed by atoms with Gasteiger partial charge in [-0.25, -0.2) is 14.4 Å². The summed E-state index contributed by atoms with van der Waals surface area (Å²) in [6.45, 7) is 0.333. The zero-order chi connectivity index (χ0) is 20.1. The molecule has 1 saturated carbocycles. The molecule has 9 heteroatoms. The summed E-state index contributed by atoms with van der Waals surface area (Å²) in [5.74, 6) is -1.50. The number of carbonyl (C=O) groups excluding carboxylic acids is 1. The SMILES string of the molecule is O=C(NCC1CCCCC1)c1cnc(Nc2cccc(F)c2)nc1C(F)(F)F. The van der Waals surface area contributed by atoms with Crippen LogP contribution >= 0.6 is 0 Å². The first-order valence-electron chi connectivity index (χ1n) is 9.08. The van der Waals surface area contributed by atoms with Crippen molar-refractivity contribution in [3.63, 3.8) is 0 Å². The standard InChI is InChI=1S/C19H20F4N4O/c20-13-7-4-8-14(9-13)26-18-25-11-15(16(27-18)19(21,22)23)17(28)24-10-12-5-2-1-3-6-12/h4,7-9,11-12H,1-3,5-6,10H2,(H,24,28)(H,25,26,27). The summed E-state index contributed by atoms with van der Waals surface area (Å²) in [7, 11) is 0. The molecule has 1 heterocycles. The highest BCUT2D eigenvalue weighted by molar-refractivity contribution is 5.95. The van der Waals surface area contributed by atoms with E-state index in [1.807, 2.05) is 0 Å². The summed E-state index contributed by atoms with van der Waals surface area (Å²) >= 11 is 0. The summed E-state index contributed by atoms with van der Waals surface area (Å²) in [5, 5.41) is 5.08. The number of amides is 1. The first kappa shape index (κ1) is 20.0. The average Bonchev–Trinajstić information content (AvgIpc) is 2.66. The Balaban J connectivity index is 1.77. The van der Waals surface area contributed by atoms with E-state index in [1.54, 1.807) is 0 Å². The second-order valence-corrected chi connectivity index (χ2v) is 6.80. The number of rotatable bonds is 5. The van der Waals surface area contributed by atoms with Crippen LogP contribution in [-0.4, -0.2) is 22.4 Å². The van der Waals surface area contributed by atoms with Crippen LogP contribution in [0.1, 0.15) is 48.2 Å². The molecule has 5 nitrogen and oxygen atoms in total. The molecule has 1 fully saturated rings. The van der Waals surface area contributed by atoms with E-state index in [2.05, 4.69) is 20.6 Å². The molecule has 3 rings (SSSR count). The quantitative estimate of drug-likeness (QED) is 0.720. The molecule has 2 N–H and O–H groups in total. The number of hydrogen-bond acceptors (Lipinski definition) is 4. The molecule has 1 aliphatic rings. The minimum atomic E-state index is -4.83. The molecule has 0 radical (unpaired) electrons. The lowest BCUT2D eigenvalue weighted by Gasteiger charge is -2.22. The lowest BCUT2D eigenvalue weighted by molar-refractivity contribution is -0.141.